The normalized spacial score (nSPS) is 20.6. The van der Waals surface area contributed by atoms with Crippen molar-refractivity contribution in [1.82, 2.24) is 9.62 Å². The van der Waals surface area contributed by atoms with Gasteiger partial charge in [-0.05, 0) is 37.4 Å². The van der Waals surface area contributed by atoms with Crippen LogP contribution in [0.15, 0.2) is 30.3 Å². The standard InChI is InChI=1S/C15H25N3O2S/c1-13(2)16-11-14-7-6-10-18(12-14)21(19,20)17-15-8-4-3-5-9-15/h3-5,8-9,13-14,16-17H,6-7,10-12H2,1-2H3. The zero-order valence-corrected chi connectivity index (χ0v) is 13.6. The number of benzene rings is 1. The molecule has 1 aromatic rings. The van der Waals surface area contributed by atoms with Crippen molar-refractivity contribution in [1.29, 1.82) is 0 Å². The second kappa shape index (κ2) is 7.24. The largest absolute Gasteiger partial charge is 0.314 e. The van der Waals surface area contributed by atoms with Crippen LogP contribution in [-0.2, 0) is 10.2 Å². The molecule has 21 heavy (non-hydrogen) atoms. The van der Waals surface area contributed by atoms with E-state index in [1.54, 1.807) is 16.4 Å². The van der Waals surface area contributed by atoms with Gasteiger partial charge in [-0.1, -0.05) is 32.0 Å². The van der Waals surface area contributed by atoms with Crippen molar-refractivity contribution in [3.8, 4) is 0 Å². The van der Waals surface area contributed by atoms with Gasteiger partial charge in [0.2, 0.25) is 0 Å². The molecule has 0 aromatic heterocycles. The Balaban J connectivity index is 1.96. The monoisotopic (exact) mass is 311 g/mol. The molecule has 0 radical (unpaired) electrons. The molecule has 1 aromatic carbocycles. The maximum Gasteiger partial charge on any atom is 0.301 e. The van der Waals surface area contributed by atoms with Gasteiger partial charge in [-0.25, -0.2) is 0 Å². The predicted octanol–water partition coefficient (Wildman–Crippen LogP) is 2.05. The van der Waals surface area contributed by atoms with Crippen molar-refractivity contribution in [2.24, 2.45) is 5.92 Å². The van der Waals surface area contributed by atoms with Crippen LogP contribution < -0.4 is 10.0 Å². The Labute approximate surface area is 127 Å². The summed E-state index contributed by atoms with van der Waals surface area (Å²) in [6.45, 7) is 6.26. The predicted molar refractivity (Wildman–Crippen MR) is 86.4 cm³/mol. The molecule has 1 fully saturated rings. The zero-order chi connectivity index (χ0) is 15.3. The average Bonchev–Trinajstić information content (AvgIpc) is 2.46. The molecule has 2 rings (SSSR count). The van der Waals surface area contributed by atoms with E-state index < -0.39 is 10.2 Å². The molecule has 2 N–H and O–H groups in total. The lowest BCUT2D eigenvalue weighted by Gasteiger charge is -2.32. The SMILES string of the molecule is CC(C)NCC1CCCN(S(=O)(=O)Nc2ccccc2)C1. The third kappa shape index (κ3) is 4.98. The van der Waals surface area contributed by atoms with Crippen LogP contribution in [-0.4, -0.2) is 38.4 Å². The van der Waals surface area contributed by atoms with E-state index in [1.807, 2.05) is 18.2 Å². The Hall–Kier alpha value is -1.11. The molecule has 0 aliphatic carbocycles. The Morgan fingerprint density at radius 3 is 2.67 bits per heavy atom. The van der Waals surface area contributed by atoms with Gasteiger partial charge in [0.15, 0.2) is 0 Å². The molecular formula is C15H25N3O2S. The van der Waals surface area contributed by atoms with E-state index in [0.29, 0.717) is 30.7 Å². The van der Waals surface area contributed by atoms with Crippen molar-refractivity contribution in [3.05, 3.63) is 30.3 Å². The summed E-state index contributed by atoms with van der Waals surface area (Å²) in [6, 6.07) is 9.47. The molecule has 0 bridgehead atoms. The summed E-state index contributed by atoms with van der Waals surface area (Å²) in [4.78, 5) is 0. The van der Waals surface area contributed by atoms with E-state index in [1.165, 1.54) is 0 Å². The number of nitrogens with zero attached hydrogens (tertiary/aromatic N) is 1. The number of piperidine rings is 1. The summed E-state index contributed by atoms with van der Waals surface area (Å²) in [7, 11) is -3.45. The highest BCUT2D eigenvalue weighted by Gasteiger charge is 2.28. The van der Waals surface area contributed by atoms with E-state index in [-0.39, 0.29) is 0 Å². The van der Waals surface area contributed by atoms with Crippen LogP contribution in [0.25, 0.3) is 0 Å². The van der Waals surface area contributed by atoms with Gasteiger partial charge in [0, 0.05) is 24.8 Å². The number of anilines is 1. The first-order valence-electron chi connectivity index (χ1n) is 7.53. The molecule has 1 saturated heterocycles. The number of rotatable bonds is 6. The number of hydrogen-bond donors (Lipinski definition) is 2. The Morgan fingerprint density at radius 2 is 2.00 bits per heavy atom. The van der Waals surface area contributed by atoms with Gasteiger partial charge in [0.25, 0.3) is 0 Å². The number of hydrogen-bond acceptors (Lipinski definition) is 3. The maximum absolute atomic E-state index is 12.4. The van der Waals surface area contributed by atoms with E-state index in [2.05, 4.69) is 23.9 Å². The van der Waals surface area contributed by atoms with Crippen molar-refractivity contribution in [2.45, 2.75) is 32.7 Å². The third-order valence-corrected chi connectivity index (χ3v) is 5.16. The Bertz CT molecular complexity index is 531. The Kier molecular flexibility index (Phi) is 5.61. The smallest absolute Gasteiger partial charge is 0.301 e. The van der Waals surface area contributed by atoms with Crippen LogP contribution in [0.2, 0.25) is 0 Å². The topological polar surface area (TPSA) is 61.4 Å². The van der Waals surface area contributed by atoms with E-state index in [0.717, 1.165) is 19.4 Å². The second-order valence-corrected chi connectivity index (χ2v) is 7.57. The molecule has 0 amide bonds. The summed E-state index contributed by atoms with van der Waals surface area (Å²) in [5.41, 5.74) is 0.611. The van der Waals surface area contributed by atoms with Crippen LogP contribution in [0, 0.1) is 5.92 Å². The number of nitrogens with one attached hydrogen (secondary N) is 2. The average molecular weight is 311 g/mol. The van der Waals surface area contributed by atoms with E-state index in [4.69, 9.17) is 0 Å². The lowest BCUT2D eigenvalue weighted by Crippen LogP contribution is -2.45. The molecule has 1 aliphatic heterocycles. The lowest BCUT2D eigenvalue weighted by atomic mass is 9.99. The van der Waals surface area contributed by atoms with Gasteiger partial charge in [0.1, 0.15) is 0 Å². The molecule has 1 atom stereocenters. The molecule has 1 unspecified atom stereocenters. The first-order chi connectivity index (χ1) is 9.97. The van der Waals surface area contributed by atoms with Gasteiger partial charge in [0.05, 0.1) is 0 Å². The van der Waals surface area contributed by atoms with Gasteiger partial charge in [-0.2, -0.15) is 12.7 Å². The van der Waals surface area contributed by atoms with Crippen molar-refractivity contribution in [3.63, 3.8) is 0 Å². The fraction of sp³-hybridized carbons (Fsp3) is 0.600. The minimum absolute atomic E-state index is 0.383. The molecule has 118 valence electrons. The van der Waals surface area contributed by atoms with Crippen molar-refractivity contribution >= 4 is 15.9 Å². The quantitative estimate of drug-likeness (QED) is 0.845. The summed E-state index contributed by atoms with van der Waals surface area (Å²) in [5.74, 6) is 0.383. The fourth-order valence-electron chi connectivity index (χ4n) is 2.53. The second-order valence-electron chi connectivity index (χ2n) is 5.90. The first-order valence-corrected chi connectivity index (χ1v) is 8.97. The molecule has 1 heterocycles. The summed E-state index contributed by atoms with van der Waals surface area (Å²) in [6.07, 6.45) is 2.00. The Morgan fingerprint density at radius 1 is 1.29 bits per heavy atom. The summed E-state index contributed by atoms with van der Waals surface area (Å²) >= 11 is 0. The van der Waals surface area contributed by atoms with Gasteiger partial charge >= 0.3 is 10.2 Å². The highest BCUT2D eigenvalue weighted by Crippen LogP contribution is 2.20. The van der Waals surface area contributed by atoms with Crippen LogP contribution >= 0.6 is 0 Å². The summed E-state index contributed by atoms with van der Waals surface area (Å²) < 4.78 is 29.1. The first kappa shape index (κ1) is 16.3. The zero-order valence-electron chi connectivity index (χ0n) is 12.7. The highest BCUT2D eigenvalue weighted by molar-refractivity contribution is 7.90. The molecule has 6 heteroatoms. The molecule has 1 aliphatic rings. The van der Waals surface area contributed by atoms with Crippen molar-refractivity contribution < 1.29 is 8.42 Å². The van der Waals surface area contributed by atoms with Crippen molar-refractivity contribution in [2.75, 3.05) is 24.4 Å². The third-order valence-electron chi connectivity index (χ3n) is 3.66. The molecule has 5 nitrogen and oxygen atoms in total. The molecule has 0 saturated carbocycles. The van der Waals surface area contributed by atoms with E-state index in [9.17, 15) is 8.42 Å². The lowest BCUT2D eigenvalue weighted by molar-refractivity contribution is 0.258. The minimum atomic E-state index is -3.45. The maximum atomic E-state index is 12.4. The van der Waals surface area contributed by atoms with E-state index >= 15 is 0 Å². The van der Waals surface area contributed by atoms with Gasteiger partial charge in [-0.3, -0.25) is 4.72 Å². The van der Waals surface area contributed by atoms with Crippen LogP contribution in [0.3, 0.4) is 0 Å². The molecule has 0 spiro atoms. The van der Waals surface area contributed by atoms with Crippen LogP contribution in [0.1, 0.15) is 26.7 Å². The van der Waals surface area contributed by atoms with Gasteiger partial charge < -0.3 is 5.32 Å². The van der Waals surface area contributed by atoms with Gasteiger partial charge in [-0.15, -0.1) is 0 Å². The minimum Gasteiger partial charge on any atom is -0.314 e. The fourth-order valence-corrected chi connectivity index (χ4v) is 3.87. The number of para-hydroxylation sites is 1. The summed E-state index contributed by atoms with van der Waals surface area (Å²) in [5, 5.41) is 3.39. The van der Waals surface area contributed by atoms with Crippen LogP contribution in [0.4, 0.5) is 5.69 Å². The molecular weight excluding hydrogens is 286 g/mol. The van der Waals surface area contributed by atoms with Crippen LogP contribution in [0.5, 0.6) is 0 Å². The highest BCUT2D eigenvalue weighted by atomic mass is 32.2.